The molecule has 0 saturated carbocycles. The molecule has 1 N–H and O–H groups in total. The van der Waals surface area contributed by atoms with E-state index in [1.54, 1.807) is 12.4 Å². The van der Waals surface area contributed by atoms with E-state index >= 15 is 0 Å². The fourth-order valence-electron chi connectivity index (χ4n) is 0.714. The standard InChI is InChI=1S/C8H11N3O/c1-6-3-10-8(11-4-6)5-9-7(2)12/h3-4H,5H2,1-2H3,(H,9,12). The Hall–Kier alpha value is -1.45. The van der Waals surface area contributed by atoms with E-state index in [0.717, 1.165) is 5.56 Å². The largest absolute Gasteiger partial charge is 0.349 e. The highest BCUT2D eigenvalue weighted by atomic mass is 16.1. The maximum Gasteiger partial charge on any atom is 0.217 e. The smallest absolute Gasteiger partial charge is 0.217 e. The number of aromatic nitrogens is 2. The van der Waals surface area contributed by atoms with E-state index in [0.29, 0.717) is 12.4 Å². The number of carbonyl (C=O) groups excluding carboxylic acids is 1. The van der Waals surface area contributed by atoms with Gasteiger partial charge in [0.2, 0.25) is 5.91 Å². The first-order chi connectivity index (χ1) is 5.68. The normalized spacial score (nSPS) is 9.50. The molecule has 0 unspecified atom stereocenters. The molecule has 1 amide bonds. The lowest BCUT2D eigenvalue weighted by Crippen LogP contribution is -2.20. The van der Waals surface area contributed by atoms with Gasteiger partial charge in [0, 0.05) is 19.3 Å². The summed E-state index contributed by atoms with van der Waals surface area (Å²) >= 11 is 0. The molecule has 0 saturated heterocycles. The Bertz CT molecular complexity index is 268. The van der Waals surface area contributed by atoms with Crippen molar-refractivity contribution >= 4 is 5.91 Å². The number of hydrogen-bond donors (Lipinski definition) is 1. The Morgan fingerprint density at radius 1 is 1.50 bits per heavy atom. The zero-order chi connectivity index (χ0) is 8.97. The minimum absolute atomic E-state index is 0.0702. The Kier molecular flexibility index (Phi) is 2.74. The fraction of sp³-hybridized carbons (Fsp3) is 0.375. The number of aryl methyl sites for hydroxylation is 1. The van der Waals surface area contributed by atoms with Crippen LogP contribution in [0.2, 0.25) is 0 Å². The number of hydrogen-bond acceptors (Lipinski definition) is 3. The van der Waals surface area contributed by atoms with Gasteiger partial charge in [-0.25, -0.2) is 9.97 Å². The monoisotopic (exact) mass is 165 g/mol. The molecule has 1 aromatic heterocycles. The van der Waals surface area contributed by atoms with Gasteiger partial charge in [-0.05, 0) is 12.5 Å². The predicted octanol–water partition coefficient (Wildman–Crippen LogP) is 0.421. The SMILES string of the molecule is CC(=O)NCc1ncc(C)cn1. The minimum Gasteiger partial charge on any atom is -0.349 e. The van der Waals surface area contributed by atoms with Crippen LogP contribution in [0.25, 0.3) is 0 Å². The molecule has 1 heterocycles. The second-order valence-electron chi connectivity index (χ2n) is 2.59. The molecular weight excluding hydrogens is 154 g/mol. The number of amides is 1. The highest BCUT2D eigenvalue weighted by Gasteiger charge is 1.95. The van der Waals surface area contributed by atoms with E-state index < -0.39 is 0 Å². The number of nitrogens with zero attached hydrogens (tertiary/aromatic N) is 2. The molecule has 0 aromatic carbocycles. The van der Waals surface area contributed by atoms with E-state index in [1.807, 2.05) is 6.92 Å². The zero-order valence-electron chi connectivity index (χ0n) is 7.16. The molecule has 64 valence electrons. The summed E-state index contributed by atoms with van der Waals surface area (Å²) in [7, 11) is 0. The fourth-order valence-corrected chi connectivity index (χ4v) is 0.714. The van der Waals surface area contributed by atoms with E-state index in [9.17, 15) is 4.79 Å². The molecule has 0 radical (unpaired) electrons. The maximum absolute atomic E-state index is 10.5. The lowest BCUT2D eigenvalue weighted by molar-refractivity contribution is -0.119. The van der Waals surface area contributed by atoms with Crippen molar-refractivity contribution in [3.8, 4) is 0 Å². The Labute approximate surface area is 71.0 Å². The lowest BCUT2D eigenvalue weighted by atomic mass is 10.4. The van der Waals surface area contributed by atoms with Gasteiger partial charge in [-0.3, -0.25) is 4.79 Å². The number of nitrogens with one attached hydrogen (secondary N) is 1. The molecule has 1 rings (SSSR count). The molecule has 0 aliphatic heterocycles. The molecule has 12 heavy (non-hydrogen) atoms. The van der Waals surface area contributed by atoms with Crippen LogP contribution < -0.4 is 5.32 Å². The first-order valence-corrected chi connectivity index (χ1v) is 3.70. The molecule has 0 aliphatic carbocycles. The summed E-state index contributed by atoms with van der Waals surface area (Å²) in [5.74, 6) is 0.565. The lowest BCUT2D eigenvalue weighted by Gasteiger charge is -1.99. The van der Waals surface area contributed by atoms with E-state index in [4.69, 9.17) is 0 Å². The summed E-state index contributed by atoms with van der Waals surface area (Å²) in [6.45, 7) is 3.78. The third-order valence-corrected chi connectivity index (χ3v) is 1.33. The van der Waals surface area contributed by atoms with Crippen LogP contribution >= 0.6 is 0 Å². The van der Waals surface area contributed by atoms with Crippen LogP contribution in [0.3, 0.4) is 0 Å². The topological polar surface area (TPSA) is 54.9 Å². The van der Waals surface area contributed by atoms with Crippen molar-refractivity contribution < 1.29 is 4.79 Å². The molecular formula is C8H11N3O. The summed E-state index contributed by atoms with van der Waals surface area (Å²) in [6, 6.07) is 0. The van der Waals surface area contributed by atoms with Crippen molar-refractivity contribution in [1.29, 1.82) is 0 Å². The Morgan fingerprint density at radius 2 is 2.08 bits per heavy atom. The summed E-state index contributed by atoms with van der Waals surface area (Å²) in [6.07, 6.45) is 3.45. The quantitative estimate of drug-likeness (QED) is 0.691. The zero-order valence-corrected chi connectivity index (χ0v) is 7.16. The highest BCUT2D eigenvalue weighted by molar-refractivity contribution is 5.72. The van der Waals surface area contributed by atoms with Crippen LogP contribution in [-0.4, -0.2) is 15.9 Å². The van der Waals surface area contributed by atoms with Crippen LogP contribution in [0.4, 0.5) is 0 Å². The summed E-state index contributed by atoms with van der Waals surface area (Å²) in [4.78, 5) is 18.6. The molecule has 0 bridgehead atoms. The van der Waals surface area contributed by atoms with Gasteiger partial charge in [-0.1, -0.05) is 0 Å². The van der Waals surface area contributed by atoms with Gasteiger partial charge in [0.05, 0.1) is 6.54 Å². The minimum atomic E-state index is -0.0702. The molecule has 0 aliphatic rings. The summed E-state index contributed by atoms with van der Waals surface area (Å²) < 4.78 is 0. The molecule has 0 atom stereocenters. The highest BCUT2D eigenvalue weighted by Crippen LogP contribution is 1.92. The van der Waals surface area contributed by atoms with Crippen LogP contribution in [0, 0.1) is 6.92 Å². The average Bonchev–Trinajstić information content (AvgIpc) is 2.03. The Morgan fingerprint density at radius 3 is 2.58 bits per heavy atom. The van der Waals surface area contributed by atoms with Crippen molar-refractivity contribution in [3.63, 3.8) is 0 Å². The van der Waals surface area contributed by atoms with Gasteiger partial charge in [0.15, 0.2) is 0 Å². The second-order valence-corrected chi connectivity index (χ2v) is 2.59. The van der Waals surface area contributed by atoms with Crippen molar-refractivity contribution in [3.05, 3.63) is 23.8 Å². The second kappa shape index (κ2) is 3.80. The average molecular weight is 165 g/mol. The molecule has 1 aromatic rings. The van der Waals surface area contributed by atoms with Gasteiger partial charge in [-0.15, -0.1) is 0 Å². The summed E-state index contributed by atoms with van der Waals surface area (Å²) in [5.41, 5.74) is 1.02. The van der Waals surface area contributed by atoms with Crippen molar-refractivity contribution in [2.45, 2.75) is 20.4 Å². The third kappa shape index (κ3) is 2.65. The molecule has 0 spiro atoms. The van der Waals surface area contributed by atoms with Gasteiger partial charge in [0.1, 0.15) is 5.82 Å². The van der Waals surface area contributed by atoms with Gasteiger partial charge in [-0.2, -0.15) is 0 Å². The summed E-state index contributed by atoms with van der Waals surface area (Å²) in [5, 5.41) is 2.62. The van der Waals surface area contributed by atoms with E-state index in [2.05, 4.69) is 15.3 Å². The van der Waals surface area contributed by atoms with E-state index in [-0.39, 0.29) is 5.91 Å². The first-order valence-electron chi connectivity index (χ1n) is 3.70. The van der Waals surface area contributed by atoms with Crippen LogP contribution in [0.5, 0.6) is 0 Å². The van der Waals surface area contributed by atoms with Crippen molar-refractivity contribution in [2.75, 3.05) is 0 Å². The number of rotatable bonds is 2. The Balaban J connectivity index is 2.53. The number of carbonyl (C=O) groups is 1. The van der Waals surface area contributed by atoms with Gasteiger partial charge in [0.25, 0.3) is 0 Å². The van der Waals surface area contributed by atoms with Crippen LogP contribution in [0.15, 0.2) is 12.4 Å². The third-order valence-electron chi connectivity index (χ3n) is 1.33. The van der Waals surface area contributed by atoms with E-state index in [1.165, 1.54) is 6.92 Å². The van der Waals surface area contributed by atoms with Gasteiger partial charge < -0.3 is 5.32 Å². The van der Waals surface area contributed by atoms with Crippen molar-refractivity contribution in [1.82, 2.24) is 15.3 Å². The maximum atomic E-state index is 10.5. The van der Waals surface area contributed by atoms with Crippen LogP contribution in [0.1, 0.15) is 18.3 Å². The molecule has 4 nitrogen and oxygen atoms in total. The van der Waals surface area contributed by atoms with Gasteiger partial charge >= 0.3 is 0 Å². The molecule has 4 heteroatoms. The molecule has 0 fully saturated rings. The van der Waals surface area contributed by atoms with Crippen LogP contribution in [-0.2, 0) is 11.3 Å². The predicted molar refractivity (Wildman–Crippen MR) is 44.3 cm³/mol. The first kappa shape index (κ1) is 8.64. The van der Waals surface area contributed by atoms with Crippen molar-refractivity contribution in [2.24, 2.45) is 0 Å².